The number of hydrogen-bond donors (Lipinski definition) is 1. The summed E-state index contributed by atoms with van der Waals surface area (Å²) in [6, 6.07) is 11.8. The van der Waals surface area contributed by atoms with Crippen molar-refractivity contribution in [3.63, 3.8) is 0 Å². The Kier molecular flexibility index (Phi) is 3.67. The van der Waals surface area contributed by atoms with Gasteiger partial charge in [0.2, 0.25) is 0 Å². The highest BCUT2D eigenvalue weighted by molar-refractivity contribution is 5.82. The second-order valence-electron chi connectivity index (χ2n) is 5.36. The molecule has 3 rings (SSSR count). The van der Waals surface area contributed by atoms with Crippen LogP contribution in [-0.2, 0) is 6.54 Å². The van der Waals surface area contributed by atoms with Gasteiger partial charge in [0, 0.05) is 18.0 Å². The van der Waals surface area contributed by atoms with Crippen LogP contribution in [0, 0.1) is 19.7 Å². The molecular weight excluding hydrogens is 281 g/mol. The third-order valence-electron chi connectivity index (χ3n) is 3.79. The van der Waals surface area contributed by atoms with Gasteiger partial charge in [-0.05, 0) is 54.8 Å². The molecule has 3 nitrogen and oxygen atoms in total. The van der Waals surface area contributed by atoms with Gasteiger partial charge < -0.3 is 9.73 Å². The van der Waals surface area contributed by atoms with Crippen molar-refractivity contribution < 1.29 is 8.81 Å². The van der Waals surface area contributed by atoms with E-state index in [1.54, 1.807) is 18.2 Å². The van der Waals surface area contributed by atoms with Gasteiger partial charge in [-0.15, -0.1) is 0 Å². The first kappa shape index (κ1) is 14.3. The molecule has 1 aromatic heterocycles. The number of anilines is 1. The molecule has 0 fully saturated rings. The maximum absolute atomic E-state index is 13.7. The van der Waals surface area contributed by atoms with Gasteiger partial charge in [0.25, 0.3) is 0 Å². The van der Waals surface area contributed by atoms with E-state index in [0.29, 0.717) is 17.8 Å². The molecule has 2 aromatic carbocycles. The SMILES string of the molecule is Cc1cc2oc(=O)cc(CNc3ccccc3F)c2cc1C. The van der Waals surface area contributed by atoms with E-state index in [9.17, 15) is 9.18 Å². The molecular formula is C18H16FNO2. The van der Waals surface area contributed by atoms with Crippen LogP contribution in [0.2, 0.25) is 0 Å². The molecule has 0 radical (unpaired) electrons. The number of benzene rings is 2. The van der Waals surface area contributed by atoms with Crippen LogP contribution in [0.5, 0.6) is 0 Å². The zero-order valence-electron chi connectivity index (χ0n) is 12.4. The second-order valence-corrected chi connectivity index (χ2v) is 5.36. The number of hydrogen-bond acceptors (Lipinski definition) is 3. The van der Waals surface area contributed by atoms with Crippen molar-refractivity contribution in [1.82, 2.24) is 0 Å². The Bertz CT molecular complexity index is 899. The molecule has 22 heavy (non-hydrogen) atoms. The lowest BCUT2D eigenvalue weighted by Gasteiger charge is -2.10. The molecule has 112 valence electrons. The summed E-state index contributed by atoms with van der Waals surface area (Å²) >= 11 is 0. The number of halogens is 1. The fraction of sp³-hybridized carbons (Fsp3) is 0.167. The summed E-state index contributed by atoms with van der Waals surface area (Å²) in [7, 11) is 0. The first-order valence-corrected chi connectivity index (χ1v) is 7.07. The smallest absolute Gasteiger partial charge is 0.336 e. The predicted molar refractivity (Wildman–Crippen MR) is 85.7 cm³/mol. The predicted octanol–water partition coefficient (Wildman–Crippen LogP) is 4.16. The number of nitrogens with one attached hydrogen (secondary N) is 1. The molecule has 0 aliphatic heterocycles. The van der Waals surface area contributed by atoms with Crippen LogP contribution >= 0.6 is 0 Å². The molecule has 0 spiro atoms. The fourth-order valence-electron chi connectivity index (χ4n) is 2.42. The van der Waals surface area contributed by atoms with Gasteiger partial charge in [-0.3, -0.25) is 0 Å². The number of aryl methyl sites for hydroxylation is 2. The van der Waals surface area contributed by atoms with E-state index >= 15 is 0 Å². The highest BCUT2D eigenvalue weighted by Gasteiger charge is 2.08. The van der Waals surface area contributed by atoms with Crippen molar-refractivity contribution in [1.29, 1.82) is 0 Å². The van der Waals surface area contributed by atoms with Crippen molar-refractivity contribution in [3.8, 4) is 0 Å². The maximum Gasteiger partial charge on any atom is 0.336 e. The van der Waals surface area contributed by atoms with Gasteiger partial charge in [-0.1, -0.05) is 12.1 Å². The van der Waals surface area contributed by atoms with Gasteiger partial charge in [0.15, 0.2) is 0 Å². The Labute approximate surface area is 127 Å². The minimum Gasteiger partial charge on any atom is -0.423 e. The first-order chi connectivity index (χ1) is 10.5. The quantitative estimate of drug-likeness (QED) is 0.738. The molecule has 0 saturated heterocycles. The molecule has 0 aliphatic rings. The van der Waals surface area contributed by atoms with Crippen LogP contribution in [0.15, 0.2) is 51.7 Å². The van der Waals surface area contributed by atoms with Crippen LogP contribution in [0.3, 0.4) is 0 Å². The zero-order chi connectivity index (χ0) is 15.7. The van der Waals surface area contributed by atoms with Crippen molar-refractivity contribution in [2.75, 3.05) is 5.32 Å². The summed E-state index contributed by atoms with van der Waals surface area (Å²) in [5.41, 5.74) is 3.54. The molecule has 0 amide bonds. The average molecular weight is 297 g/mol. The van der Waals surface area contributed by atoms with Crippen LogP contribution in [0.25, 0.3) is 11.0 Å². The molecule has 0 aliphatic carbocycles. The third kappa shape index (κ3) is 2.72. The Hall–Kier alpha value is -2.62. The molecule has 1 heterocycles. The Morgan fingerprint density at radius 3 is 2.59 bits per heavy atom. The van der Waals surface area contributed by atoms with Gasteiger partial charge >= 0.3 is 5.63 Å². The Morgan fingerprint density at radius 2 is 1.82 bits per heavy atom. The van der Waals surface area contributed by atoms with Gasteiger partial charge in [-0.25, -0.2) is 9.18 Å². The summed E-state index contributed by atoms with van der Waals surface area (Å²) in [6.07, 6.45) is 0. The monoisotopic (exact) mass is 297 g/mol. The summed E-state index contributed by atoms with van der Waals surface area (Å²) in [5.74, 6) is -0.318. The Balaban J connectivity index is 2.01. The lowest BCUT2D eigenvalue weighted by molar-refractivity contribution is 0.559. The Morgan fingerprint density at radius 1 is 1.09 bits per heavy atom. The largest absolute Gasteiger partial charge is 0.423 e. The number of para-hydroxylation sites is 1. The summed E-state index contributed by atoms with van der Waals surface area (Å²) in [6.45, 7) is 4.33. The van der Waals surface area contributed by atoms with E-state index in [1.807, 2.05) is 26.0 Å². The second kappa shape index (κ2) is 5.64. The van der Waals surface area contributed by atoms with E-state index in [1.165, 1.54) is 12.1 Å². The molecule has 3 aromatic rings. The van der Waals surface area contributed by atoms with Crippen molar-refractivity contribution in [3.05, 3.63) is 75.4 Å². The molecule has 4 heteroatoms. The summed E-state index contributed by atoms with van der Waals surface area (Å²) < 4.78 is 18.9. The highest BCUT2D eigenvalue weighted by Crippen LogP contribution is 2.23. The van der Waals surface area contributed by atoms with Crippen LogP contribution in [0.1, 0.15) is 16.7 Å². The minimum absolute atomic E-state index is 0.318. The minimum atomic E-state index is -0.402. The zero-order valence-corrected chi connectivity index (χ0v) is 12.4. The first-order valence-electron chi connectivity index (χ1n) is 7.07. The van der Waals surface area contributed by atoms with Crippen LogP contribution < -0.4 is 10.9 Å². The average Bonchev–Trinajstić information content (AvgIpc) is 2.48. The third-order valence-corrected chi connectivity index (χ3v) is 3.79. The van der Waals surface area contributed by atoms with Crippen molar-refractivity contribution >= 4 is 16.7 Å². The normalized spacial score (nSPS) is 10.9. The maximum atomic E-state index is 13.7. The van der Waals surface area contributed by atoms with E-state index < -0.39 is 5.63 Å². The number of fused-ring (bicyclic) bond motifs is 1. The van der Waals surface area contributed by atoms with E-state index in [2.05, 4.69) is 5.32 Å². The lowest BCUT2D eigenvalue weighted by atomic mass is 10.0. The van der Waals surface area contributed by atoms with Crippen LogP contribution in [-0.4, -0.2) is 0 Å². The van der Waals surface area contributed by atoms with E-state index in [0.717, 1.165) is 22.1 Å². The van der Waals surface area contributed by atoms with Crippen molar-refractivity contribution in [2.24, 2.45) is 0 Å². The van der Waals surface area contributed by atoms with E-state index in [4.69, 9.17) is 4.42 Å². The summed E-state index contributed by atoms with van der Waals surface area (Å²) in [5, 5.41) is 3.89. The molecule has 0 saturated carbocycles. The molecule has 1 N–H and O–H groups in total. The molecule has 0 unspecified atom stereocenters. The van der Waals surface area contributed by atoms with E-state index in [-0.39, 0.29) is 5.82 Å². The lowest BCUT2D eigenvalue weighted by Crippen LogP contribution is -2.07. The fourth-order valence-corrected chi connectivity index (χ4v) is 2.42. The topological polar surface area (TPSA) is 42.2 Å². The van der Waals surface area contributed by atoms with Gasteiger partial charge in [0.05, 0.1) is 5.69 Å². The number of rotatable bonds is 3. The summed E-state index contributed by atoms with van der Waals surface area (Å²) in [4.78, 5) is 11.7. The standard InChI is InChI=1S/C18H16FNO2/c1-11-7-14-13(9-18(21)22-17(14)8-12(11)2)10-20-16-6-4-3-5-15(16)19/h3-9,20H,10H2,1-2H3. The van der Waals surface area contributed by atoms with Crippen molar-refractivity contribution in [2.45, 2.75) is 20.4 Å². The van der Waals surface area contributed by atoms with Gasteiger partial charge in [-0.2, -0.15) is 0 Å². The molecule has 0 bridgehead atoms. The molecule has 0 atom stereocenters. The highest BCUT2D eigenvalue weighted by atomic mass is 19.1. The van der Waals surface area contributed by atoms with Gasteiger partial charge in [0.1, 0.15) is 11.4 Å². The van der Waals surface area contributed by atoms with Crippen LogP contribution in [0.4, 0.5) is 10.1 Å².